The topological polar surface area (TPSA) is 28.7 Å². The van der Waals surface area contributed by atoms with E-state index in [0.717, 1.165) is 32.0 Å². The fraction of sp³-hybridized carbons (Fsp3) is 0.455. The Labute approximate surface area is 89.8 Å². The number of aryl methyl sites for hydroxylation is 1. The van der Waals surface area contributed by atoms with Gasteiger partial charge in [0.05, 0.1) is 26.3 Å². The van der Waals surface area contributed by atoms with Crippen molar-refractivity contribution in [2.45, 2.75) is 0 Å². The Kier molecular flexibility index (Phi) is 3.29. The molecule has 0 unspecified atom stereocenters. The maximum absolute atomic E-state index is 5.25. The molecular weight excluding hydrogens is 190 g/mol. The summed E-state index contributed by atoms with van der Waals surface area (Å²) in [5, 5.41) is 6.46. The zero-order chi connectivity index (χ0) is 10.5. The lowest BCUT2D eigenvalue weighted by atomic mass is 10.3. The Hall–Kier alpha value is -1.42. The molecule has 1 aliphatic heterocycles. The number of nitrogens with zero attached hydrogens (tertiary/aromatic N) is 3. The highest BCUT2D eigenvalue weighted by atomic mass is 16.5. The van der Waals surface area contributed by atoms with E-state index >= 15 is 0 Å². The quantitative estimate of drug-likeness (QED) is 0.510. The molecular formula is C11H16N3O+. The fourth-order valence-corrected chi connectivity index (χ4v) is 1.48. The van der Waals surface area contributed by atoms with Crippen LogP contribution in [0.3, 0.4) is 0 Å². The first-order valence-electron chi connectivity index (χ1n) is 5.17. The lowest BCUT2D eigenvalue weighted by molar-refractivity contribution is -0.672. The number of morpholine rings is 1. The van der Waals surface area contributed by atoms with Crippen molar-refractivity contribution < 1.29 is 9.30 Å². The van der Waals surface area contributed by atoms with Crippen molar-refractivity contribution in [3.63, 3.8) is 0 Å². The highest BCUT2D eigenvalue weighted by Crippen LogP contribution is 1.97. The number of rotatable bonds is 2. The summed E-state index contributed by atoms with van der Waals surface area (Å²) in [4.78, 5) is 0. The lowest BCUT2D eigenvalue weighted by Crippen LogP contribution is -2.35. The Balaban J connectivity index is 2.01. The summed E-state index contributed by atoms with van der Waals surface area (Å²) in [6.07, 6.45) is 3.91. The molecule has 0 saturated carbocycles. The van der Waals surface area contributed by atoms with Gasteiger partial charge in [0, 0.05) is 12.1 Å². The molecule has 1 fully saturated rings. The smallest absolute Gasteiger partial charge is 0.225 e. The van der Waals surface area contributed by atoms with Crippen molar-refractivity contribution in [2.24, 2.45) is 12.1 Å². The molecule has 0 aromatic carbocycles. The molecule has 0 radical (unpaired) electrons. The molecule has 1 saturated heterocycles. The first-order valence-corrected chi connectivity index (χ1v) is 5.17. The largest absolute Gasteiger partial charge is 0.378 e. The third kappa shape index (κ3) is 2.76. The van der Waals surface area contributed by atoms with E-state index in [1.165, 1.54) is 0 Å². The number of hydrogen-bond acceptors (Lipinski definition) is 3. The molecule has 0 bridgehead atoms. The normalized spacial score (nSPS) is 17.3. The third-order valence-electron chi connectivity index (χ3n) is 2.44. The minimum absolute atomic E-state index is 0.776. The second-order valence-corrected chi connectivity index (χ2v) is 3.55. The summed E-state index contributed by atoms with van der Waals surface area (Å²) in [6, 6.07) is 6.07. The minimum atomic E-state index is 0.776. The van der Waals surface area contributed by atoms with Gasteiger partial charge in [0.25, 0.3) is 0 Å². The van der Waals surface area contributed by atoms with Gasteiger partial charge < -0.3 is 4.74 Å². The van der Waals surface area contributed by atoms with Crippen LogP contribution in [-0.2, 0) is 11.8 Å². The van der Waals surface area contributed by atoms with Crippen LogP contribution in [0.25, 0.3) is 0 Å². The zero-order valence-corrected chi connectivity index (χ0v) is 8.97. The molecule has 2 rings (SSSR count). The van der Waals surface area contributed by atoms with E-state index < -0.39 is 0 Å². The minimum Gasteiger partial charge on any atom is -0.378 e. The number of hydrazone groups is 1. The van der Waals surface area contributed by atoms with Crippen LogP contribution in [-0.4, -0.2) is 37.5 Å². The first kappa shape index (κ1) is 10.1. The molecule has 4 heteroatoms. The van der Waals surface area contributed by atoms with E-state index in [9.17, 15) is 0 Å². The van der Waals surface area contributed by atoms with Gasteiger partial charge in [0.1, 0.15) is 13.3 Å². The molecule has 0 aliphatic carbocycles. The summed E-state index contributed by atoms with van der Waals surface area (Å²) in [5.41, 5.74) is 1.10. The SMILES string of the molecule is C[n+]1ccccc1/C=N/N1CCOCC1. The summed E-state index contributed by atoms with van der Waals surface area (Å²) in [6.45, 7) is 3.32. The average Bonchev–Trinajstić information content (AvgIpc) is 2.29. The van der Waals surface area contributed by atoms with Gasteiger partial charge in [-0.15, -0.1) is 0 Å². The number of hydrogen-bond donors (Lipinski definition) is 0. The standard InChI is InChI=1S/C11H16N3O/c1-13-5-3-2-4-11(13)10-12-14-6-8-15-9-7-14/h2-5,10H,6-9H2,1H3/q+1. The molecule has 0 N–H and O–H groups in total. The molecule has 0 amide bonds. The van der Waals surface area contributed by atoms with Gasteiger partial charge in [-0.25, -0.2) is 4.57 Å². The monoisotopic (exact) mass is 206 g/mol. The van der Waals surface area contributed by atoms with Crippen molar-refractivity contribution in [3.8, 4) is 0 Å². The number of ether oxygens (including phenoxy) is 1. The summed E-state index contributed by atoms with van der Waals surface area (Å²) in [7, 11) is 2.01. The molecule has 0 atom stereocenters. The summed E-state index contributed by atoms with van der Waals surface area (Å²) in [5.74, 6) is 0. The van der Waals surface area contributed by atoms with Gasteiger partial charge in [0.15, 0.2) is 6.20 Å². The summed E-state index contributed by atoms with van der Waals surface area (Å²) >= 11 is 0. The van der Waals surface area contributed by atoms with Crippen LogP contribution >= 0.6 is 0 Å². The first-order chi connectivity index (χ1) is 7.36. The number of pyridine rings is 1. The van der Waals surface area contributed by atoms with Gasteiger partial charge in [-0.1, -0.05) is 0 Å². The van der Waals surface area contributed by atoms with Gasteiger partial charge in [-0.2, -0.15) is 5.10 Å². The second kappa shape index (κ2) is 4.89. The molecule has 1 aliphatic rings. The Morgan fingerprint density at radius 3 is 2.93 bits per heavy atom. The third-order valence-corrected chi connectivity index (χ3v) is 2.44. The average molecular weight is 206 g/mol. The van der Waals surface area contributed by atoms with Crippen LogP contribution in [0.2, 0.25) is 0 Å². The number of aromatic nitrogens is 1. The van der Waals surface area contributed by atoms with Crippen LogP contribution in [0.5, 0.6) is 0 Å². The predicted octanol–water partition coefficient (Wildman–Crippen LogP) is 0.177. The van der Waals surface area contributed by atoms with Crippen molar-refractivity contribution in [1.29, 1.82) is 0 Å². The molecule has 1 aromatic heterocycles. The van der Waals surface area contributed by atoms with E-state index in [2.05, 4.69) is 5.10 Å². The van der Waals surface area contributed by atoms with Crippen molar-refractivity contribution >= 4 is 6.21 Å². The van der Waals surface area contributed by atoms with Crippen molar-refractivity contribution in [1.82, 2.24) is 5.01 Å². The van der Waals surface area contributed by atoms with E-state index in [1.807, 2.05) is 47.2 Å². The van der Waals surface area contributed by atoms with E-state index in [4.69, 9.17) is 4.74 Å². The van der Waals surface area contributed by atoms with Crippen molar-refractivity contribution in [2.75, 3.05) is 26.3 Å². The van der Waals surface area contributed by atoms with Gasteiger partial charge >= 0.3 is 0 Å². The molecule has 80 valence electrons. The van der Waals surface area contributed by atoms with Crippen LogP contribution in [0.4, 0.5) is 0 Å². The van der Waals surface area contributed by atoms with Gasteiger partial charge in [-0.3, -0.25) is 5.01 Å². The van der Waals surface area contributed by atoms with Gasteiger partial charge in [0.2, 0.25) is 5.69 Å². The highest BCUT2D eigenvalue weighted by Gasteiger charge is 2.07. The fourth-order valence-electron chi connectivity index (χ4n) is 1.48. The van der Waals surface area contributed by atoms with E-state index in [1.54, 1.807) is 0 Å². The lowest BCUT2D eigenvalue weighted by Gasteiger charge is -2.23. The summed E-state index contributed by atoms with van der Waals surface area (Å²) < 4.78 is 7.30. The van der Waals surface area contributed by atoms with Crippen molar-refractivity contribution in [3.05, 3.63) is 30.1 Å². The maximum atomic E-state index is 5.25. The Morgan fingerprint density at radius 1 is 1.40 bits per heavy atom. The Morgan fingerprint density at radius 2 is 2.20 bits per heavy atom. The molecule has 1 aromatic rings. The van der Waals surface area contributed by atoms with Crippen LogP contribution < -0.4 is 4.57 Å². The van der Waals surface area contributed by atoms with Crippen LogP contribution in [0.15, 0.2) is 29.5 Å². The van der Waals surface area contributed by atoms with E-state index in [-0.39, 0.29) is 0 Å². The predicted molar refractivity (Wildman–Crippen MR) is 57.6 cm³/mol. The van der Waals surface area contributed by atoms with Gasteiger partial charge in [-0.05, 0) is 6.07 Å². The zero-order valence-electron chi connectivity index (χ0n) is 8.97. The molecule has 2 heterocycles. The molecule has 15 heavy (non-hydrogen) atoms. The van der Waals surface area contributed by atoms with Crippen LogP contribution in [0.1, 0.15) is 5.69 Å². The maximum Gasteiger partial charge on any atom is 0.225 e. The Bertz CT molecular complexity index is 345. The molecule has 0 spiro atoms. The van der Waals surface area contributed by atoms with Crippen LogP contribution in [0, 0.1) is 0 Å². The highest BCUT2D eigenvalue weighted by molar-refractivity contribution is 5.74. The van der Waals surface area contributed by atoms with E-state index in [0.29, 0.717) is 0 Å². The second-order valence-electron chi connectivity index (χ2n) is 3.55. The molecule has 4 nitrogen and oxygen atoms in total.